The first kappa shape index (κ1) is 14.6. The van der Waals surface area contributed by atoms with E-state index in [0.29, 0.717) is 24.2 Å². The van der Waals surface area contributed by atoms with E-state index in [1.54, 1.807) is 18.2 Å². The molecular weight excluding hydrogens is 326 g/mol. The van der Waals surface area contributed by atoms with Crippen LogP contribution < -0.4 is 5.32 Å². The maximum absolute atomic E-state index is 13.6. The van der Waals surface area contributed by atoms with Crippen LogP contribution in [0.15, 0.2) is 40.9 Å². The summed E-state index contributed by atoms with van der Waals surface area (Å²) in [4.78, 5) is 0. The van der Waals surface area contributed by atoms with Crippen LogP contribution in [0.2, 0.25) is 0 Å². The minimum atomic E-state index is -0.421. The van der Waals surface area contributed by atoms with Gasteiger partial charge in [0.2, 0.25) is 0 Å². The van der Waals surface area contributed by atoms with E-state index in [9.17, 15) is 8.78 Å². The van der Waals surface area contributed by atoms with Crippen LogP contribution in [-0.2, 0) is 13.1 Å². The zero-order chi connectivity index (χ0) is 14.5. The van der Waals surface area contributed by atoms with Crippen LogP contribution in [0.25, 0.3) is 0 Å². The Hall–Kier alpha value is -1.77. The quantitative estimate of drug-likeness (QED) is 0.919. The normalized spacial score (nSPS) is 10.3. The molecule has 0 aliphatic rings. The molecule has 0 aromatic heterocycles. The summed E-state index contributed by atoms with van der Waals surface area (Å²) in [6.45, 7) is 0.721. The summed E-state index contributed by atoms with van der Waals surface area (Å²) in [5.74, 6) is -0.732. The molecular formula is C15H11BrF2N2. The molecule has 2 rings (SSSR count). The molecule has 0 radical (unpaired) electrons. The molecule has 20 heavy (non-hydrogen) atoms. The van der Waals surface area contributed by atoms with Gasteiger partial charge in [-0.05, 0) is 35.9 Å². The van der Waals surface area contributed by atoms with Crippen molar-refractivity contribution in [1.29, 1.82) is 5.26 Å². The highest BCUT2D eigenvalue weighted by atomic mass is 79.9. The number of halogens is 3. The lowest BCUT2D eigenvalue weighted by atomic mass is 10.1. The molecule has 2 nitrogen and oxygen atoms in total. The Labute approximate surface area is 124 Å². The fourth-order valence-corrected chi connectivity index (χ4v) is 2.16. The molecule has 0 aliphatic heterocycles. The number of nitrogens with zero attached hydrogens (tertiary/aromatic N) is 1. The van der Waals surface area contributed by atoms with Gasteiger partial charge in [0, 0.05) is 23.1 Å². The van der Waals surface area contributed by atoms with Crippen molar-refractivity contribution in [2.24, 2.45) is 0 Å². The van der Waals surface area contributed by atoms with Gasteiger partial charge in [0.15, 0.2) is 0 Å². The third-order valence-electron chi connectivity index (χ3n) is 2.82. The van der Waals surface area contributed by atoms with Gasteiger partial charge in [-0.2, -0.15) is 5.26 Å². The van der Waals surface area contributed by atoms with Crippen LogP contribution in [0.4, 0.5) is 8.78 Å². The lowest BCUT2D eigenvalue weighted by Gasteiger charge is -2.08. The topological polar surface area (TPSA) is 35.8 Å². The van der Waals surface area contributed by atoms with E-state index in [4.69, 9.17) is 5.26 Å². The van der Waals surface area contributed by atoms with Crippen molar-refractivity contribution in [3.63, 3.8) is 0 Å². The summed E-state index contributed by atoms with van der Waals surface area (Å²) in [5.41, 5.74) is 1.52. The maximum Gasteiger partial charge on any atom is 0.129 e. The van der Waals surface area contributed by atoms with Crippen LogP contribution in [0.5, 0.6) is 0 Å². The van der Waals surface area contributed by atoms with Crippen LogP contribution in [0.1, 0.15) is 16.7 Å². The molecule has 5 heteroatoms. The van der Waals surface area contributed by atoms with E-state index in [1.807, 2.05) is 6.07 Å². The van der Waals surface area contributed by atoms with Gasteiger partial charge < -0.3 is 5.32 Å². The molecule has 0 atom stereocenters. The third kappa shape index (κ3) is 3.62. The predicted octanol–water partition coefficient (Wildman–Crippen LogP) is 3.89. The Morgan fingerprint density at radius 2 is 1.80 bits per heavy atom. The minimum absolute atomic E-state index is 0.291. The molecule has 2 aromatic rings. The molecule has 0 bridgehead atoms. The van der Waals surface area contributed by atoms with Crippen LogP contribution in [0.3, 0.4) is 0 Å². The lowest BCUT2D eigenvalue weighted by molar-refractivity contribution is 0.584. The summed E-state index contributed by atoms with van der Waals surface area (Å²) in [6, 6.07) is 10.6. The highest BCUT2D eigenvalue weighted by Gasteiger charge is 2.05. The zero-order valence-electron chi connectivity index (χ0n) is 10.5. The fraction of sp³-hybridized carbons (Fsp3) is 0.133. The highest BCUT2D eigenvalue weighted by Crippen LogP contribution is 2.18. The van der Waals surface area contributed by atoms with Gasteiger partial charge in [0.05, 0.1) is 11.6 Å². The monoisotopic (exact) mass is 336 g/mol. The molecule has 102 valence electrons. The average Bonchev–Trinajstić information content (AvgIpc) is 2.44. The van der Waals surface area contributed by atoms with Crippen molar-refractivity contribution in [3.8, 4) is 6.07 Å². The number of hydrogen-bond donors (Lipinski definition) is 1. The largest absolute Gasteiger partial charge is 0.308 e. The number of rotatable bonds is 4. The molecule has 0 heterocycles. The van der Waals surface area contributed by atoms with E-state index >= 15 is 0 Å². The number of nitriles is 1. The fourth-order valence-electron chi connectivity index (χ4n) is 1.77. The highest BCUT2D eigenvalue weighted by molar-refractivity contribution is 9.10. The number of benzene rings is 2. The summed E-state index contributed by atoms with van der Waals surface area (Å²) in [5, 5.41) is 11.7. The smallest absolute Gasteiger partial charge is 0.129 e. The molecule has 0 spiro atoms. The second kappa shape index (κ2) is 6.60. The van der Waals surface area contributed by atoms with Crippen molar-refractivity contribution in [1.82, 2.24) is 5.32 Å². The van der Waals surface area contributed by atoms with Crippen molar-refractivity contribution < 1.29 is 8.78 Å². The van der Waals surface area contributed by atoms with Crippen molar-refractivity contribution in [2.75, 3.05) is 0 Å². The van der Waals surface area contributed by atoms with E-state index in [-0.39, 0.29) is 5.82 Å². The van der Waals surface area contributed by atoms with Gasteiger partial charge in [-0.3, -0.25) is 0 Å². The average molecular weight is 337 g/mol. The van der Waals surface area contributed by atoms with Crippen LogP contribution in [-0.4, -0.2) is 0 Å². The van der Waals surface area contributed by atoms with E-state index in [0.717, 1.165) is 10.0 Å². The van der Waals surface area contributed by atoms with E-state index in [1.165, 1.54) is 18.2 Å². The zero-order valence-corrected chi connectivity index (χ0v) is 12.0. The predicted molar refractivity (Wildman–Crippen MR) is 75.8 cm³/mol. The summed E-state index contributed by atoms with van der Waals surface area (Å²) in [6.07, 6.45) is 0. The van der Waals surface area contributed by atoms with Crippen molar-refractivity contribution >= 4 is 15.9 Å². The standard InChI is InChI=1S/C15H11BrF2N2/c16-14-4-3-13(17)6-12(14)9-20-8-11-2-1-10(7-19)5-15(11)18/h1-6,20H,8-9H2. The molecule has 1 N–H and O–H groups in total. The number of nitrogens with one attached hydrogen (secondary N) is 1. The lowest BCUT2D eigenvalue weighted by Crippen LogP contribution is -2.14. The molecule has 2 aromatic carbocycles. The Balaban J connectivity index is 2.00. The van der Waals surface area contributed by atoms with Gasteiger partial charge >= 0.3 is 0 Å². The molecule has 0 fully saturated rings. The molecule has 0 saturated carbocycles. The first-order valence-electron chi connectivity index (χ1n) is 5.93. The summed E-state index contributed by atoms with van der Waals surface area (Å²) < 4.78 is 27.5. The first-order valence-corrected chi connectivity index (χ1v) is 6.72. The molecule has 0 unspecified atom stereocenters. The van der Waals surface area contributed by atoms with E-state index < -0.39 is 5.82 Å². The Morgan fingerprint density at radius 3 is 2.50 bits per heavy atom. The third-order valence-corrected chi connectivity index (χ3v) is 3.59. The second-order valence-corrected chi connectivity index (χ2v) is 5.11. The van der Waals surface area contributed by atoms with Gasteiger partial charge in [0.25, 0.3) is 0 Å². The molecule has 0 saturated heterocycles. The van der Waals surface area contributed by atoms with Crippen molar-refractivity contribution in [3.05, 3.63) is 69.2 Å². The van der Waals surface area contributed by atoms with Gasteiger partial charge in [-0.25, -0.2) is 8.78 Å². The van der Waals surface area contributed by atoms with Gasteiger partial charge in [-0.1, -0.05) is 22.0 Å². The SMILES string of the molecule is N#Cc1ccc(CNCc2cc(F)ccc2Br)c(F)c1. The Morgan fingerprint density at radius 1 is 1.05 bits per heavy atom. The first-order chi connectivity index (χ1) is 9.60. The maximum atomic E-state index is 13.6. The van der Waals surface area contributed by atoms with Crippen LogP contribution in [0, 0.1) is 23.0 Å². The second-order valence-electron chi connectivity index (χ2n) is 4.26. The molecule has 0 aliphatic carbocycles. The number of hydrogen-bond acceptors (Lipinski definition) is 2. The molecule has 0 amide bonds. The van der Waals surface area contributed by atoms with E-state index in [2.05, 4.69) is 21.2 Å². The Bertz CT molecular complexity index is 665. The van der Waals surface area contributed by atoms with Crippen molar-refractivity contribution in [2.45, 2.75) is 13.1 Å². The van der Waals surface area contributed by atoms with Crippen LogP contribution >= 0.6 is 15.9 Å². The summed E-state index contributed by atoms with van der Waals surface area (Å²) >= 11 is 3.33. The summed E-state index contributed by atoms with van der Waals surface area (Å²) in [7, 11) is 0. The minimum Gasteiger partial charge on any atom is -0.308 e. The Kier molecular flexibility index (Phi) is 4.83. The van der Waals surface area contributed by atoms with Gasteiger partial charge in [0.1, 0.15) is 11.6 Å². The van der Waals surface area contributed by atoms with Gasteiger partial charge in [-0.15, -0.1) is 0 Å².